The number of anilines is 2. The molecule has 0 radical (unpaired) electrons. The molecule has 0 aliphatic heterocycles. The van der Waals surface area contributed by atoms with Gasteiger partial charge in [-0.2, -0.15) is 26.3 Å². The van der Waals surface area contributed by atoms with E-state index in [0.29, 0.717) is 0 Å². The van der Waals surface area contributed by atoms with Crippen LogP contribution in [0.2, 0.25) is 5.02 Å². The second kappa shape index (κ2) is 5.21. The van der Waals surface area contributed by atoms with Crippen LogP contribution in [0.25, 0.3) is 0 Å². The topological polar surface area (TPSA) is 84.2 Å². The quantitative estimate of drug-likeness (QED) is 0.741. The zero-order chi connectivity index (χ0) is 14.0. The van der Waals surface area contributed by atoms with Crippen molar-refractivity contribution >= 4 is 33.2 Å². The van der Waals surface area contributed by atoms with Crippen LogP contribution in [0.4, 0.5) is 24.5 Å². The molecule has 0 saturated carbocycles. The van der Waals surface area contributed by atoms with E-state index in [-0.39, 0.29) is 16.4 Å². The highest BCUT2D eigenvalue weighted by atomic mass is 35.5. The smallest absolute Gasteiger partial charge is 0.397 e. The molecule has 1 aromatic carbocycles. The number of hydrogen-bond donors (Lipinski definition) is 3. The first-order valence-electron chi connectivity index (χ1n) is 4.48. The predicted octanol–water partition coefficient (Wildman–Crippen LogP) is 1.73. The number of nitrogen functional groups attached to an aromatic ring is 1. The molecular weight excluding hydrogens is 295 g/mol. The summed E-state index contributed by atoms with van der Waals surface area (Å²) in [6.45, 7) is -1.67. The van der Waals surface area contributed by atoms with Gasteiger partial charge in [-0.3, -0.25) is 4.72 Å². The molecule has 1 rings (SSSR count). The second-order valence-corrected chi connectivity index (χ2v) is 5.21. The van der Waals surface area contributed by atoms with Crippen molar-refractivity contribution in [2.24, 2.45) is 0 Å². The van der Waals surface area contributed by atoms with Crippen LogP contribution in [-0.2, 0) is 10.2 Å². The molecule has 0 fully saturated rings. The summed E-state index contributed by atoms with van der Waals surface area (Å²) in [5.74, 6) is 0. The van der Waals surface area contributed by atoms with Crippen LogP contribution in [0.3, 0.4) is 0 Å². The Bertz CT molecular complexity index is 533. The predicted molar refractivity (Wildman–Crippen MR) is 62.5 cm³/mol. The summed E-state index contributed by atoms with van der Waals surface area (Å²) in [5, 5.41) is 0.277. The van der Waals surface area contributed by atoms with Crippen molar-refractivity contribution in [3.05, 3.63) is 23.2 Å². The molecule has 0 spiro atoms. The lowest BCUT2D eigenvalue weighted by Crippen LogP contribution is -2.37. The number of nitrogens with one attached hydrogen (secondary N) is 2. The van der Waals surface area contributed by atoms with Gasteiger partial charge >= 0.3 is 6.18 Å². The summed E-state index contributed by atoms with van der Waals surface area (Å²) in [4.78, 5) is 0. The maximum atomic E-state index is 11.9. The van der Waals surface area contributed by atoms with Crippen LogP contribution in [0.1, 0.15) is 0 Å². The van der Waals surface area contributed by atoms with Crippen LogP contribution >= 0.6 is 11.6 Å². The van der Waals surface area contributed by atoms with Crippen molar-refractivity contribution in [2.75, 3.05) is 17.0 Å². The third-order valence-corrected chi connectivity index (χ3v) is 2.97. The molecule has 0 saturated heterocycles. The third-order valence-electron chi connectivity index (χ3n) is 1.72. The van der Waals surface area contributed by atoms with E-state index >= 15 is 0 Å². The lowest BCUT2D eigenvalue weighted by Gasteiger charge is -2.12. The van der Waals surface area contributed by atoms with Gasteiger partial charge < -0.3 is 5.73 Å². The lowest BCUT2D eigenvalue weighted by molar-refractivity contribution is -0.121. The molecule has 0 bridgehead atoms. The molecule has 18 heavy (non-hydrogen) atoms. The molecule has 0 aromatic heterocycles. The standard InChI is InChI=1S/C8H9ClF3N3O2S/c9-5-1-2-7(6(13)3-5)15-18(16,17)14-4-8(10,11)12/h1-3,14-15H,4,13H2. The average Bonchev–Trinajstić information content (AvgIpc) is 2.19. The Labute approximate surface area is 106 Å². The third kappa shape index (κ3) is 4.98. The van der Waals surface area contributed by atoms with E-state index in [1.54, 1.807) is 0 Å². The Morgan fingerprint density at radius 2 is 1.94 bits per heavy atom. The monoisotopic (exact) mass is 303 g/mol. The van der Waals surface area contributed by atoms with Gasteiger partial charge in [-0.15, -0.1) is 0 Å². The Hall–Kier alpha value is -1.19. The molecule has 0 heterocycles. The zero-order valence-corrected chi connectivity index (χ0v) is 10.3. The van der Waals surface area contributed by atoms with Gasteiger partial charge in [0.15, 0.2) is 0 Å². The normalized spacial score (nSPS) is 12.4. The molecule has 10 heteroatoms. The summed E-state index contributed by atoms with van der Waals surface area (Å²) >= 11 is 5.59. The highest BCUT2D eigenvalue weighted by Crippen LogP contribution is 2.23. The van der Waals surface area contributed by atoms with Crippen LogP contribution in [0.15, 0.2) is 18.2 Å². The van der Waals surface area contributed by atoms with E-state index in [2.05, 4.69) is 0 Å². The van der Waals surface area contributed by atoms with Crippen molar-refractivity contribution in [1.82, 2.24) is 4.72 Å². The fourth-order valence-corrected chi connectivity index (χ4v) is 2.07. The fraction of sp³-hybridized carbons (Fsp3) is 0.250. The van der Waals surface area contributed by atoms with Crippen LogP contribution in [0.5, 0.6) is 0 Å². The minimum atomic E-state index is -4.64. The van der Waals surface area contributed by atoms with E-state index in [1.165, 1.54) is 22.9 Å². The largest absolute Gasteiger partial charge is 0.402 e. The van der Waals surface area contributed by atoms with Gasteiger partial charge in [0.1, 0.15) is 6.54 Å². The van der Waals surface area contributed by atoms with Gasteiger partial charge in [0, 0.05) is 5.02 Å². The second-order valence-electron chi connectivity index (χ2n) is 3.27. The Morgan fingerprint density at radius 3 is 2.44 bits per heavy atom. The number of nitrogens with two attached hydrogens (primary N) is 1. The van der Waals surface area contributed by atoms with Crippen molar-refractivity contribution in [1.29, 1.82) is 0 Å². The highest BCUT2D eigenvalue weighted by molar-refractivity contribution is 7.90. The van der Waals surface area contributed by atoms with Gasteiger partial charge in [-0.25, -0.2) is 0 Å². The molecule has 0 atom stereocenters. The fourth-order valence-electron chi connectivity index (χ4n) is 0.984. The van der Waals surface area contributed by atoms with E-state index < -0.39 is 22.9 Å². The number of benzene rings is 1. The minimum absolute atomic E-state index is 0.000108. The van der Waals surface area contributed by atoms with E-state index in [9.17, 15) is 21.6 Å². The van der Waals surface area contributed by atoms with Crippen molar-refractivity contribution < 1.29 is 21.6 Å². The Balaban J connectivity index is 2.77. The number of alkyl halides is 3. The van der Waals surface area contributed by atoms with Gasteiger partial charge in [-0.1, -0.05) is 11.6 Å². The van der Waals surface area contributed by atoms with Gasteiger partial charge in [0.25, 0.3) is 10.2 Å². The Morgan fingerprint density at radius 1 is 1.33 bits per heavy atom. The van der Waals surface area contributed by atoms with E-state index in [0.717, 1.165) is 0 Å². The summed E-state index contributed by atoms with van der Waals surface area (Å²) in [6, 6.07) is 3.85. The first-order valence-corrected chi connectivity index (χ1v) is 6.34. The molecule has 102 valence electrons. The summed E-state index contributed by atoms with van der Waals surface area (Å²) in [7, 11) is -4.35. The molecule has 1 aromatic rings. The van der Waals surface area contributed by atoms with E-state index in [1.807, 2.05) is 4.72 Å². The maximum Gasteiger partial charge on any atom is 0.402 e. The van der Waals surface area contributed by atoms with E-state index in [4.69, 9.17) is 17.3 Å². The molecular formula is C8H9ClF3N3O2S. The molecule has 5 nitrogen and oxygen atoms in total. The van der Waals surface area contributed by atoms with Crippen LogP contribution in [-0.4, -0.2) is 21.1 Å². The zero-order valence-electron chi connectivity index (χ0n) is 8.75. The van der Waals surface area contributed by atoms with Gasteiger partial charge in [0.2, 0.25) is 0 Å². The van der Waals surface area contributed by atoms with Crippen molar-refractivity contribution in [3.8, 4) is 0 Å². The van der Waals surface area contributed by atoms with Gasteiger partial charge in [-0.05, 0) is 18.2 Å². The summed E-state index contributed by atoms with van der Waals surface area (Å²) in [6.07, 6.45) is -4.64. The lowest BCUT2D eigenvalue weighted by atomic mass is 10.3. The van der Waals surface area contributed by atoms with Crippen molar-refractivity contribution in [2.45, 2.75) is 6.18 Å². The molecule has 0 aliphatic rings. The summed E-state index contributed by atoms with van der Waals surface area (Å²) in [5.41, 5.74) is 5.39. The minimum Gasteiger partial charge on any atom is -0.397 e. The number of halogens is 4. The molecule has 4 N–H and O–H groups in total. The number of rotatable bonds is 4. The molecule has 0 aliphatic carbocycles. The van der Waals surface area contributed by atoms with Crippen LogP contribution in [0, 0.1) is 0 Å². The maximum absolute atomic E-state index is 11.9. The van der Waals surface area contributed by atoms with Gasteiger partial charge in [0.05, 0.1) is 11.4 Å². The molecule has 0 unspecified atom stereocenters. The van der Waals surface area contributed by atoms with Crippen molar-refractivity contribution in [3.63, 3.8) is 0 Å². The number of hydrogen-bond acceptors (Lipinski definition) is 3. The molecule has 0 amide bonds. The highest BCUT2D eigenvalue weighted by Gasteiger charge is 2.29. The first-order chi connectivity index (χ1) is 8.09. The SMILES string of the molecule is Nc1cc(Cl)ccc1NS(=O)(=O)NCC(F)(F)F. The Kier molecular flexibility index (Phi) is 4.30. The average molecular weight is 304 g/mol. The first kappa shape index (κ1) is 14.9. The summed E-state index contributed by atoms with van der Waals surface area (Å²) < 4.78 is 61.3. The van der Waals surface area contributed by atoms with Crippen LogP contribution < -0.4 is 15.2 Å².